The molecule has 0 saturated heterocycles. The highest BCUT2D eigenvalue weighted by Gasteiger charge is 2.16. The molecular weight excluding hydrogens is 220 g/mol. The Bertz CT molecular complexity index is 392. The van der Waals surface area contributed by atoms with Gasteiger partial charge in [0.1, 0.15) is 6.04 Å². The second-order valence-corrected chi connectivity index (χ2v) is 3.85. The maximum Gasteiger partial charge on any atom is 0.325 e. The summed E-state index contributed by atoms with van der Waals surface area (Å²) in [6.45, 7) is 1.87. The first kappa shape index (κ1) is 13.0. The lowest BCUT2D eigenvalue weighted by atomic mass is 10.2. The maximum absolute atomic E-state index is 11.6. The third-order valence-electron chi connectivity index (χ3n) is 2.32. The molecule has 2 amide bonds. The van der Waals surface area contributed by atoms with Gasteiger partial charge in [0.15, 0.2) is 0 Å². The van der Waals surface area contributed by atoms with Crippen molar-refractivity contribution in [1.29, 1.82) is 0 Å². The van der Waals surface area contributed by atoms with Crippen LogP contribution in [0.5, 0.6) is 0 Å². The van der Waals surface area contributed by atoms with Crippen molar-refractivity contribution >= 4 is 12.0 Å². The normalized spacial score (nSPS) is 11.6. The lowest BCUT2D eigenvalue weighted by molar-refractivity contribution is -0.138. The van der Waals surface area contributed by atoms with Gasteiger partial charge < -0.3 is 15.3 Å². The Hall–Kier alpha value is -2.04. The minimum atomic E-state index is -1.05. The summed E-state index contributed by atoms with van der Waals surface area (Å²) in [4.78, 5) is 23.6. The highest BCUT2D eigenvalue weighted by Crippen LogP contribution is 2.02. The Labute approximate surface area is 100 Å². The summed E-state index contributed by atoms with van der Waals surface area (Å²) in [6.07, 6.45) is 0. The number of nitrogens with one attached hydrogen (secondary N) is 1. The summed E-state index contributed by atoms with van der Waals surface area (Å²) in [5.41, 5.74) is 0.994. The van der Waals surface area contributed by atoms with Crippen molar-refractivity contribution in [2.24, 2.45) is 0 Å². The van der Waals surface area contributed by atoms with Crippen molar-refractivity contribution in [3.05, 3.63) is 35.9 Å². The summed E-state index contributed by atoms with van der Waals surface area (Å²) in [6, 6.07) is 8.21. The van der Waals surface area contributed by atoms with Gasteiger partial charge in [0.05, 0.1) is 0 Å². The monoisotopic (exact) mass is 236 g/mol. The lowest BCUT2D eigenvalue weighted by Crippen LogP contribution is -2.44. The van der Waals surface area contributed by atoms with Crippen LogP contribution in [0.2, 0.25) is 0 Å². The van der Waals surface area contributed by atoms with Crippen molar-refractivity contribution < 1.29 is 14.7 Å². The van der Waals surface area contributed by atoms with E-state index in [1.807, 2.05) is 30.3 Å². The molecule has 0 radical (unpaired) electrons. The molecule has 0 saturated carbocycles. The molecule has 0 heterocycles. The number of carboxylic acids is 1. The predicted octanol–water partition coefficient (Wildman–Crippen LogP) is 1.30. The number of urea groups is 1. The average molecular weight is 236 g/mol. The fourth-order valence-corrected chi connectivity index (χ4v) is 1.29. The van der Waals surface area contributed by atoms with Gasteiger partial charge >= 0.3 is 12.0 Å². The van der Waals surface area contributed by atoms with E-state index in [1.54, 1.807) is 7.05 Å². The maximum atomic E-state index is 11.6. The number of hydrogen-bond donors (Lipinski definition) is 2. The first-order valence-electron chi connectivity index (χ1n) is 5.29. The Morgan fingerprint density at radius 2 is 1.94 bits per heavy atom. The van der Waals surface area contributed by atoms with Gasteiger partial charge in [-0.05, 0) is 12.5 Å². The second kappa shape index (κ2) is 5.89. The Kier molecular flexibility index (Phi) is 4.51. The smallest absolute Gasteiger partial charge is 0.325 e. The van der Waals surface area contributed by atoms with Gasteiger partial charge in [-0.3, -0.25) is 4.79 Å². The van der Waals surface area contributed by atoms with Gasteiger partial charge in [-0.1, -0.05) is 30.3 Å². The van der Waals surface area contributed by atoms with E-state index in [0.29, 0.717) is 6.54 Å². The van der Waals surface area contributed by atoms with Crippen LogP contribution in [0.3, 0.4) is 0 Å². The van der Waals surface area contributed by atoms with Crippen LogP contribution in [0.1, 0.15) is 12.5 Å². The van der Waals surface area contributed by atoms with Gasteiger partial charge in [0, 0.05) is 13.6 Å². The van der Waals surface area contributed by atoms with Crippen LogP contribution >= 0.6 is 0 Å². The Morgan fingerprint density at radius 1 is 1.35 bits per heavy atom. The summed E-state index contributed by atoms with van der Waals surface area (Å²) in [7, 11) is 1.62. The zero-order chi connectivity index (χ0) is 12.8. The number of aliphatic carboxylic acids is 1. The Balaban J connectivity index is 2.50. The molecule has 1 atom stereocenters. The van der Waals surface area contributed by atoms with E-state index < -0.39 is 18.0 Å². The SMILES string of the molecule is C[C@H](NC(=O)N(C)Cc1ccccc1)C(=O)O. The molecule has 0 bridgehead atoms. The molecule has 17 heavy (non-hydrogen) atoms. The molecule has 5 heteroatoms. The third-order valence-corrected chi connectivity index (χ3v) is 2.32. The van der Waals surface area contributed by atoms with Gasteiger partial charge in [-0.25, -0.2) is 4.79 Å². The molecule has 0 aromatic heterocycles. The van der Waals surface area contributed by atoms with Crippen molar-refractivity contribution in [2.45, 2.75) is 19.5 Å². The molecule has 0 unspecified atom stereocenters. The highest BCUT2D eigenvalue weighted by atomic mass is 16.4. The summed E-state index contributed by atoms with van der Waals surface area (Å²) < 4.78 is 0. The number of nitrogens with zero attached hydrogens (tertiary/aromatic N) is 1. The highest BCUT2D eigenvalue weighted by molar-refractivity contribution is 5.82. The first-order valence-corrected chi connectivity index (χ1v) is 5.29. The Morgan fingerprint density at radius 3 is 2.47 bits per heavy atom. The van der Waals surface area contributed by atoms with Crippen molar-refractivity contribution in [2.75, 3.05) is 7.05 Å². The van der Waals surface area contributed by atoms with E-state index in [0.717, 1.165) is 5.56 Å². The van der Waals surface area contributed by atoms with E-state index in [9.17, 15) is 9.59 Å². The molecule has 2 N–H and O–H groups in total. The minimum Gasteiger partial charge on any atom is -0.480 e. The molecule has 1 aromatic carbocycles. The molecule has 0 aliphatic heterocycles. The number of amides is 2. The van der Waals surface area contributed by atoms with Crippen LogP contribution in [0.15, 0.2) is 30.3 Å². The fraction of sp³-hybridized carbons (Fsp3) is 0.333. The van der Waals surface area contributed by atoms with Crippen molar-refractivity contribution in [3.63, 3.8) is 0 Å². The van der Waals surface area contributed by atoms with Gasteiger partial charge in [0.25, 0.3) is 0 Å². The molecule has 0 spiro atoms. The van der Waals surface area contributed by atoms with Gasteiger partial charge in [-0.15, -0.1) is 0 Å². The average Bonchev–Trinajstić information content (AvgIpc) is 2.29. The molecule has 0 aliphatic rings. The quantitative estimate of drug-likeness (QED) is 0.827. The van der Waals surface area contributed by atoms with Crippen molar-refractivity contribution in [3.8, 4) is 0 Å². The third kappa shape index (κ3) is 4.14. The molecule has 92 valence electrons. The number of hydrogen-bond acceptors (Lipinski definition) is 2. The van der Waals surface area contributed by atoms with Crippen LogP contribution in [-0.4, -0.2) is 35.1 Å². The summed E-state index contributed by atoms with van der Waals surface area (Å²) in [5, 5.41) is 11.1. The van der Waals surface area contributed by atoms with Gasteiger partial charge in [-0.2, -0.15) is 0 Å². The minimum absolute atomic E-state index is 0.399. The topological polar surface area (TPSA) is 69.6 Å². The number of rotatable bonds is 4. The molecule has 0 fully saturated rings. The van der Waals surface area contributed by atoms with Crippen LogP contribution < -0.4 is 5.32 Å². The standard InChI is InChI=1S/C12H16N2O3/c1-9(11(15)16)13-12(17)14(2)8-10-6-4-3-5-7-10/h3-7,9H,8H2,1-2H3,(H,13,17)(H,15,16)/t9-/m0/s1. The van der Waals surface area contributed by atoms with Crippen LogP contribution in [0, 0.1) is 0 Å². The van der Waals surface area contributed by atoms with E-state index in [2.05, 4.69) is 5.32 Å². The van der Waals surface area contributed by atoms with E-state index in [1.165, 1.54) is 11.8 Å². The predicted molar refractivity (Wildman–Crippen MR) is 63.5 cm³/mol. The fourth-order valence-electron chi connectivity index (χ4n) is 1.29. The molecule has 5 nitrogen and oxygen atoms in total. The molecule has 0 aliphatic carbocycles. The molecule has 1 rings (SSSR count). The number of carbonyl (C=O) groups is 2. The second-order valence-electron chi connectivity index (χ2n) is 3.85. The number of carbonyl (C=O) groups excluding carboxylic acids is 1. The van der Waals surface area contributed by atoms with E-state index in [-0.39, 0.29) is 0 Å². The van der Waals surface area contributed by atoms with Crippen molar-refractivity contribution in [1.82, 2.24) is 10.2 Å². The molecular formula is C12H16N2O3. The number of benzene rings is 1. The van der Waals surface area contributed by atoms with Crippen LogP contribution in [-0.2, 0) is 11.3 Å². The largest absolute Gasteiger partial charge is 0.480 e. The summed E-state index contributed by atoms with van der Waals surface area (Å²) in [5.74, 6) is -1.05. The van der Waals surface area contributed by atoms with E-state index >= 15 is 0 Å². The zero-order valence-electron chi connectivity index (χ0n) is 9.88. The van der Waals surface area contributed by atoms with Crippen LogP contribution in [0.25, 0.3) is 0 Å². The molecule has 1 aromatic rings. The lowest BCUT2D eigenvalue weighted by Gasteiger charge is -2.19. The zero-order valence-corrected chi connectivity index (χ0v) is 9.88. The van der Waals surface area contributed by atoms with E-state index in [4.69, 9.17) is 5.11 Å². The first-order chi connectivity index (χ1) is 8.00. The van der Waals surface area contributed by atoms with Gasteiger partial charge in [0.2, 0.25) is 0 Å². The number of carboxylic acid groups (broad SMARTS) is 1. The summed E-state index contributed by atoms with van der Waals surface area (Å²) >= 11 is 0. The van der Waals surface area contributed by atoms with Crippen LogP contribution in [0.4, 0.5) is 4.79 Å².